The molecule has 5 heteroatoms. The third-order valence-corrected chi connectivity index (χ3v) is 2.73. The number of methoxy groups -OCH3 is 1. The van der Waals surface area contributed by atoms with Gasteiger partial charge in [0.15, 0.2) is 0 Å². The normalized spacial score (nSPS) is 12.3. The molecule has 0 aliphatic rings. The minimum absolute atomic E-state index is 0.0446. The van der Waals surface area contributed by atoms with Gasteiger partial charge < -0.3 is 15.6 Å². The maximum atomic E-state index is 13.6. The van der Waals surface area contributed by atoms with Gasteiger partial charge in [0.05, 0.1) is 7.11 Å². The van der Waals surface area contributed by atoms with Crippen LogP contribution in [0.25, 0.3) is 0 Å². The van der Waals surface area contributed by atoms with Gasteiger partial charge in [-0.25, -0.2) is 4.39 Å². The van der Waals surface area contributed by atoms with Crippen molar-refractivity contribution in [2.45, 2.75) is 26.3 Å². The summed E-state index contributed by atoms with van der Waals surface area (Å²) in [4.78, 5) is 10.7. The monoisotopic (exact) mass is 241 g/mol. The number of carbonyl (C=O) groups is 1. The van der Waals surface area contributed by atoms with Gasteiger partial charge in [-0.1, -0.05) is 0 Å². The van der Waals surface area contributed by atoms with E-state index in [9.17, 15) is 9.18 Å². The molecule has 1 atom stereocenters. The highest BCUT2D eigenvalue weighted by molar-refractivity contribution is 5.74. The summed E-state index contributed by atoms with van der Waals surface area (Å²) in [7, 11) is 1.47. The maximum absolute atomic E-state index is 13.6. The number of nitrogens with two attached hydrogens (primary N) is 1. The SMILES string of the molecule is COc1c(C)cc(F)c(C)c1CC(N)C(=O)O. The Balaban J connectivity index is 3.25. The van der Waals surface area contributed by atoms with Crippen molar-refractivity contribution in [2.75, 3.05) is 7.11 Å². The number of ether oxygens (including phenoxy) is 1. The molecule has 0 saturated heterocycles. The van der Waals surface area contributed by atoms with Crippen LogP contribution in [0.15, 0.2) is 6.07 Å². The highest BCUT2D eigenvalue weighted by atomic mass is 19.1. The van der Waals surface area contributed by atoms with Crippen molar-refractivity contribution in [1.82, 2.24) is 0 Å². The van der Waals surface area contributed by atoms with Crippen LogP contribution in [0, 0.1) is 19.7 Å². The van der Waals surface area contributed by atoms with Crippen molar-refractivity contribution in [3.63, 3.8) is 0 Å². The third-order valence-electron chi connectivity index (χ3n) is 2.73. The second kappa shape index (κ2) is 5.14. The first kappa shape index (κ1) is 13.4. The first-order valence-electron chi connectivity index (χ1n) is 5.19. The van der Waals surface area contributed by atoms with Crippen molar-refractivity contribution in [2.24, 2.45) is 5.73 Å². The molecule has 1 aromatic rings. The average molecular weight is 241 g/mol. The van der Waals surface area contributed by atoms with Crippen LogP contribution >= 0.6 is 0 Å². The fourth-order valence-electron chi connectivity index (χ4n) is 1.75. The molecule has 0 amide bonds. The predicted octanol–water partition coefficient (Wildman–Crippen LogP) is 1.41. The Morgan fingerprint density at radius 3 is 2.65 bits per heavy atom. The molecule has 0 spiro atoms. The Kier molecular flexibility index (Phi) is 4.07. The third kappa shape index (κ3) is 2.74. The molecule has 1 aromatic carbocycles. The largest absolute Gasteiger partial charge is 0.496 e. The first-order valence-corrected chi connectivity index (χ1v) is 5.19. The highest BCUT2D eigenvalue weighted by Crippen LogP contribution is 2.29. The minimum Gasteiger partial charge on any atom is -0.496 e. The Hall–Kier alpha value is -1.62. The summed E-state index contributed by atoms with van der Waals surface area (Å²) in [6.45, 7) is 3.29. The van der Waals surface area contributed by atoms with Crippen molar-refractivity contribution >= 4 is 5.97 Å². The zero-order valence-corrected chi connectivity index (χ0v) is 10.1. The number of benzene rings is 1. The summed E-state index contributed by atoms with van der Waals surface area (Å²) in [5.74, 6) is -0.996. The van der Waals surface area contributed by atoms with E-state index in [1.807, 2.05) is 0 Å². The van der Waals surface area contributed by atoms with Crippen molar-refractivity contribution in [1.29, 1.82) is 0 Å². The van der Waals surface area contributed by atoms with Crippen LogP contribution in [0.1, 0.15) is 16.7 Å². The topological polar surface area (TPSA) is 72.5 Å². The van der Waals surface area contributed by atoms with E-state index < -0.39 is 12.0 Å². The molecule has 17 heavy (non-hydrogen) atoms. The van der Waals surface area contributed by atoms with Crippen LogP contribution < -0.4 is 10.5 Å². The van der Waals surface area contributed by atoms with Gasteiger partial charge in [-0.3, -0.25) is 4.79 Å². The summed E-state index contributed by atoms with van der Waals surface area (Å²) in [6.07, 6.45) is 0.0446. The molecule has 0 aliphatic carbocycles. The molecule has 0 fully saturated rings. The van der Waals surface area contributed by atoms with E-state index in [1.54, 1.807) is 13.8 Å². The molecule has 0 radical (unpaired) electrons. The lowest BCUT2D eigenvalue weighted by Gasteiger charge is -2.16. The molecule has 0 bridgehead atoms. The molecule has 0 saturated carbocycles. The van der Waals surface area contributed by atoms with Crippen LogP contribution in [0.3, 0.4) is 0 Å². The first-order chi connectivity index (χ1) is 7.88. The van der Waals surface area contributed by atoms with Crippen LogP contribution in [0.4, 0.5) is 4.39 Å². The van der Waals surface area contributed by atoms with E-state index in [4.69, 9.17) is 15.6 Å². The van der Waals surface area contributed by atoms with Gasteiger partial charge in [-0.2, -0.15) is 0 Å². The van der Waals surface area contributed by atoms with Gasteiger partial charge in [-0.05, 0) is 31.0 Å². The van der Waals surface area contributed by atoms with Crippen LogP contribution in [0.2, 0.25) is 0 Å². The number of carboxylic acid groups (broad SMARTS) is 1. The van der Waals surface area contributed by atoms with Gasteiger partial charge in [0.2, 0.25) is 0 Å². The number of rotatable bonds is 4. The Labute approximate surface area is 99.2 Å². The van der Waals surface area contributed by atoms with Gasteiger partial charge in [0, 0.05) is 12.0 Å². The lowest BCUT2D eigenvalue weighted by Crippen LogP contribution is -2.32. The lowest BCUT2D eigenvalue weighted by molar-refractivity contribution is -0.138. The fourth-order valence-corrected chi connectivity index (χ4v) is 1.75. The number of hydrogen-bond acceptors (Lipinski definition) is 3. The fraction of sp³-hybridized carbons (Fsp3) is 0.417. The van der Waals surface area contributed by atoms with E-state index in [0.717, 1.165) is 0 Å². The Bertz CT molecular complexity index is 446. The quantitative estimate of drug-likeness (QED) is 0.835. The van der Waals surface area contributed by atoms with E-state index in [2.05, 4.69) is 0 Å². The van der Waals surface area contributed by atoms with Crippen LogP contribution in [-0.4, -0.2) is 24.2 Å². The molecule has 1 unspecified atom stereocenters. The van der Waals surface area contributed by atoms with Crippen LogP contribution in [-0.2, 0) is 11.2 Å². The van der Waals surface area contributed by atoms with E-state index in [1.165, 1.54) is 13.2 Å². The summed E-state index contributed by atoms with van der Waals surface area (Å²) in [6, 6.07) is 0.299. The second-order valence-corrected chi connectivity index (χ2v) is 3.96. The summed E-state index contributed by atoms with van der Waals surface area (Å²) < 4.78 is 18.7. The minimum atomic E-state index is -1.12. The van der Waals surface area contributed by atoms with Gasteiger partial charge >= 0.3 is 5.97 Å². The van der Waals surface area contributed by atoms with Gasteiger partial charge in [0.1, 0.15) is 17.6 Å². The summed E-state index contributed by atoms with van der Waals surface area (Å²) in [5.41, 5.74) is 6.98. The Morgan fingerprint density at radius 2 is 2.18 bits per heavy atom. The molecule has 94 valence electrons. The highest BCUT2D eigenvalue weighted by Gasteiger charge is 2.20. The van der Waals surface area contributed by atoms with Crippen LogP contribution in [0.5, 0.6) is 5.75 Å². The molecule has 4 nitrogen and oxygen atoms in total. The number of halogens is 1. The van der Waals surface area contributed by atoms with Crippen molar-refractivity contribution < 1.29 is 19.0 Å². The predicted molar refractivity (Wildman–Crippen MR) is 61.7 cm³/mol. The number of hydrogen-bond donors (Lipinski definition) is 2. The summed E-state index contributed by atoms with van der Waals surface area (Å²) >= 11 is 0. The average Bonchev–Trinajstić information content (AvgIpc) is 2.25. The van der Waals surface area contributed by atoms with E-state index in [-0.39, 0.29) is 12.2 Å². The molecule has 0 aliphatic heterocycles. The molecule has 3 N–H and O–H groups in total. The van der Waals surface area contributed by atoms with Crippen molar-refractivity contribution in [3.8, 4) is 5.75 Å². The molecular formula is C12H16FNO3. The van der Waals surface area contributed by atoms with E-state index in [0.29, 0.717) is 22.4 Å². The molecule has 0 aromatic heterocycles. The number of aliphatic carboxylic acids is 1. The van der Waals surface area contributed by atoms with Crippen molar-refractivity contribution in [3.05, 3.63) is 28.6 Å². The zero-order chi connectivity index (χ0) is 13.2. The number of carboxylic acids is 1. The van der Waals surface area contributed by atoms with Gasteiger partial charge in [0.25, 0.3) is 0 Å². The summed E-state index contributed by atoms with van der Waals surface area (Å²) in [5, 5.41) is 8.78. The standard InChI is InChI=1S/C12H16FNO3/c1-6-4-9(13)7(2)8(11(6)17-3)5-10(14)12(15)16/h4,10H,5,14H2,1-3H3,(H,15,16). The van der Waals surface area contributed by atoms with Gasteiger partial charge in [-0.15, -0.1) is 0 Å². The lowest BCUT2D eigenvalue weighted by atomic mass is 9.97. The van der Waals surface area contributed by atoms with E-state index >= 15 is 0 Å². The Morgan fingerprint density at radius 1 is 1.59 bits per heavy atom. The zero-order valence-electron chi connectivity index (χ0n) is 10.1. The maximum Gasteiger partial charge on any atom is 0.320 e. The molecule has 0 heterocycles. The second-order valence-electron chi connectivity index (χ2n) is 3.96. The smallest absolute Gasteiger partial charge is 0.320 e. The molecular weight excluding hydrogens is 225 g/mol. The molecule has 1 rings (SSSR count). The number of aryl methyl sites for hydroxylation is 1.